The summed E-state index contributed by atoms with van der Waals surface area (Å²) in [5, 5.41) is 0.870. The molecule has 0 heterocycles. The summed E-state index contributed by atoms with van der Waals surface area (Å²) in [6.45, 7) is 1.30. The van der Waals surface area contributed by atoms with Gasteiger partial charge in [0, 0.05) is 5.69 Å². The lowest BCUT2D eigenvalue weighted by Crippen LogP contribution is -2.71. The van der Waals surface area contributed by atoms with E-state index in [0.29, 0.717) is 12.1 Å². The standard InChI is InChI=1S/C16H10F13NO3/c1-2-33-9(31)7-3-5-8(6-4-7)30-10(32)11(17,18)12(19,20)13(21,22)14(23,24)15(25,26)16(27,28)29/h3-6H,2H2,1H3,(H,30,32). The second kappa shape index (κ2) is 8.55. The van der Waals surface area contributed by atoms with Gasteiger partial charge >= 0.3 is 47.7 Å². The van der Waals surface area contributed by atoms with Crippen molar-refractivity contribution in [1.29, 1.82) is 0 Å². The molecule has 0 radical (unpaired) electrons. The number of esters is 1. The molecule has 0 saturated carbocycles. The largest absolute Gasteiger partial charge is 0.462 e. The lowest BCUT2D eigenvalue weighted by atomic mass is 9.93. The Morgan fingerprint density at radius 2 is 1.15 bits per heavy atom. The molecule has 0 aliphatic heterocycles. The van der Waals surface area contributed by atoms with Gasteiger partial charge in [0.25, 0.3) is 0 Å². The first-order chi connectivity index (χ1) is 14.6. The fourth-order valence-corrected chi connectivity index (χ4v) is 2.03. The fourth-order valence-electron chi connectivity index (χ4n) is 2.03. The summed E-state index contributed by atoms with van der Waals surface area (Å²) in [4.78, 5) is 22.8. The van der Waals surface area contributed by atoms with Crippen molar-refractivity contribution in [3.05, 3.63) is 29.8 Å². The number of carbonyl (C=O) groups excluding carboxylic acids is 2. The number of ether oxygens (including phenoxy) is 1. The van der Waals surface area contributed by atoms with E-state index < -0.39 is 53.4 Å². The van der Waals surface area contributed by atoms with Crippen LogP contribution in [0.15, 0.2) is 24.3 Å². The normalized spacial score (nSPS) is 14.1. The van der Waals surface area contributed by atoms with Crippen molar-refractivity contribution in [2.75, 3.05) is 11.9 Å². The molecule has 0 unspecified atom stereocenters. The first kappa shape index (κ1) is 28.3. The van der Waals surface area contributed by atoms with Gasteiger partial charge < -0.3 is 10.1 Å². The average molecular weight is 511 g/mol. The highest BCUT2D eigenvalue weighted by Gasteiger charge is 2.91. The lowest BCUT2D eigenvalue weighted by molar-refractivity contribution is -0.435. The summed E-state index contributed by atoms with van der Waals surface area (Å²) in [6, 6.07) is 2.67. The van der Waals surface area contributed by atoms with Gasteiger partial charge in [-0.2, -0.15) is 57.1 Å². The van der Waals surface area contributed by atoms with E-state index in [-0.39, 0.29) is 12.2 Å². The number of hydrogen-bond acceptors (Lipinski definition) is 3. The molecule has 0 fully saturated rings. The number of hydrogen-bond donors (Lipinski definition) is 1. The van der Waals surface area contributed by atoms with E-state index in [1.54, 1.807) is 0 Å². The molecule has 4 nitrogen and oxygen atoms in total. The van der Waals surface area contributed by atoms with E-state index in [4.69, 9.17) is 0 Å². The molecule has 17 heteroatoms. The second-order valence-electron chi connectivity index (χ2n) is 6.12. The predicted molar refractivity (Wildman–Crippen MR) is 81.8 cm³/mol. The van der Waals surface area contributed by atoms with Crippen molar-refractivity contribution in [2.45, 2.75) is 42.7 Å². The molecular weight excluding hydrogens is 501 g/mol. The molecule has 0 spiro atoms. The summed E-state index contributed by atoms with van der Waals surface area (Å²) in [6.07, 6.45) is -7.55. The van der Waals surface area contributed by atoms with Gasteiger partial charge in [0.2, 0.25) is 0 Å². The zero-order valence-electron chi connectivity index (χ0n) is 15.7. The minimum Gasteiger partial charge on any atom is -0.462 e. The van der Waals surface area contributed by atoms with Crippen LogP contribution in [0.2, 0.25) is 0 Å². The minimum atomic E-state index is -8.10. The quantitative estimate of drug-likeness (QED) is 0.369. The summed E-state index contributed by atoms with van der Waals surface area (Å²) in [5.41, 5.74) is -1.17. The lowest BCUT2D eigenvalue weighted by Gasteiger charge is -2.39. The summed E-state index contributed by atoms with van der Waals surface area (Å²) >= 11 is 0. The molecule has 33 heavy (non-hydrogen) atoms. The van der Waals surface area contributed by atoms with Crippen LogP contribution in [0.25, 0.3) is 0 Å². The molecule has 1 N–H and O–H groups in total. The van der Waals surface area contributed by atoms with Crippen molar-refractivity contribution < 1.29 is 71.4 Å². The van der Waals surface area contributed by atoms with Crippen molar-refractivity contribution in [1.82, 2.24) is 0 Å². The molecular formula is C16H10F13NO3. The molecule has 1 rings (SSSR count). The number of anilines is 1. The Morgan fingerprint density at radius 3 is 1.55 bits per heavy atom. The second-order valence-corrected chi connectivity index (χ2v) is 6.12. The van der Waals surface area contributed by atoms with Gasteiger partial charge in [-0.15, -0.1) is 0 Å². The van der Waals surface area contributed by atoms with Crippen LogP contribution in [-0.2, 0) is 9.53 Å². The minimum absolute atomic E-state index is 0.106. The number of alkyl halides is 13. The van der Waals surface area contributed by atoms with Crippen LogP contribution >= 0.6 is 0 Å². The van der Waals surface area contributed by atoms with Gasteiger partial charge in [-0.1, -0.05) is 0 Å². The maximum atomic E-state index is 13.7. The number of carbonyl (C=O) groups is 2. The number of rotatable bonds is 8. The van der Waals surface area contributed by atoms with Gasteiger partial charge in [0.1, 0.15) is 0 Å². The number of benzene rings is 1. The number of halogens is 13. The molecule has 0 aromatic heterocycles. The Morgan fingerprint density at radius 1 is 0.727 bits per heavy atom. The van der Waals surface area contributed by atoms with Gasteiger partial charge in [0.15, 0.2) is 0 Å². The fraction of sp³-hybridized carbons (Fsp3) is 0.500. The molecule has 0 aliphatic carbocycles. The topological polar surface area (TPSA) is 55.4 Å². The average Bonchev–Trinajstić information content (AvgIpc) is 2.67. The Balaban J connectivity index is 3.28. The number of nitrogens with one attached hydrogen (secondary N) is 1. The van der Waals surface area contributed by atoms with E-state index in [0.717, 1.165) is 17.4 Å². The zero-order chi connectivity index (χ0) is 26.3. The predicted octanol–water partition coefficient (Wildman–Crippen LogP) is 5.54. The molecule has 0 atom stereocenters. The molecule has 0 aliphatic rings. The van der Waals surface area contributed by atoms with Crippen LogP contribution in [0.3, 0.4) is 0 Å². The van der Waals surface area contributed by atoms with E-state index in [1.165, 1.54) is 6.92 Å². The van der Waals surface area contributed by atoms with Crippen LogP contribution < -0.4 is 5.32 Å². The van der Waals surface area contributed by atoms with Crippen LogP contribution in [0.1, 0.15) is 17.3 Å². The third kappa shape index (κ3) is 4.53. The highest BCUT2D eigenvalue weighted by atomic mass is 19.4. The number of amides is 1. The Labute approximate surface area is 174 Å². The highest BCUT2D eigenvalue weighted by molar-refractivity contribution is 5.97. The third-order valence-corrected chi connectivity index (χ3v) is 3.87. The summed E-state index contributed by atoms with van der Waals surface area (Å²) in [7, 11) is 0. The molecule has 1 aromatic rings. The van der Waals surface area contributed by atoms with Gasteiger partial charge in [-0.3, -0.25) is 4.79 Å². The maximum Gasteiger partial charge on any atom is 0.460 e. The Bertz CT molecular complexity index is 879. The monoisotopic (exact) mass is 511 g/mol. The molecule has 0 saturated heterocycles. The van der Waals surface area contributed by atoms with Gasteiger partial charge in [-0.25, -0.2) is 4.79 Å². The van der Waals surface area contributed by atoms with E-state index in [1.807, 2.05) is 0 Å². The molecule has 1 amide bonds. The molecule has 0 bridgehead atoms. The van der Waals surface area contributed by atoms with Crippen LogP contribution in [0.5, 0.6) is 0 Å². The van der Waals surface area contributed by atoms with E-state index in [2.05, 4.69) is 4.74 Å². The van der Waals surface area contributed by atoms with Crippen LogP contribution in [0.4, 0.5) is 62.8 Å². The zero-order valence-corrected chi connectivity index (χ0v) is 15.7. The van der Waals surface area contributed by atoms with Gasteiger partial charge in [0.05, 0.1) is 12.2 Å². The summed E-state index contributed by atoms with van der Waals surface area (Å²) < 4.78 is 174. The summed E-state index contributed by atoms with van der Waals surface area (Å²) in [5.74, 6) is -43.2. The third-order valence-electron chi connectivity index (χ3n) is 3.87. The van der Waals surface area contributed by atoms with E-state index in [9.17, 15) is 66.7 Å². The highest BCUT2D eigenvalue weighted by Crippen LogP contribution is 2.60. The Kier molecular flexibility index (Phi) is 7.33. The van der Waals surface area contributed by atoms with E-state index >= 15 is 0 Å². The first-order valence-electron chi connectivity index (χ1n) is 8.14. The Hall–Kier alpha value is -2.75. The van der Waals surface area contributed by atoms with Crippen molar-refractivity contribution in [2.24, 2.45) is 0 Å². The molecule has 1 aromatic carbocycles. The van der Waals surface area contributed by atoms with Crippen LogP contribution in [0, 0.1) is 0 Å². The van der Waals surface area contributed by atoms with Crippen molar-refractivity contribution >= 4 is 17.6 Å². The van der Waals surface area contributed by atoms with Gasteiger partial charge in [-0.05, 0) is 31.2 Å². The maximum absolute atomic E-state index is 13.7. The molecule has 188 valence electrons. The first-order valence-corrected chi connectivity index (χ1v) is 8.14. The smallest absolute Gasteiger partial charge is 0.460 e. The van der Waals surface area contributed by atoms with Crippen molar-refractivity contribution in [3.8, 4) is 0 Å². The SMILES string of the molecule is CCOC(=O)c1ccc(NC(=O)C(F)(F)C(F)(F)C(F)(F)C(F)(F)C(F)(F)C(F)(F)F)cc1. The van der Waals surface area contributed by atoms with Crippen molar-refractivity contribution in [3.63, 3.8) is 0 Å². The van der Waals surface area contributed by atoms with Crippen LogP contribution in [-0.4, -0.2) is 54.3 Å².